The van der Waals surface area contributed by atoms with Crippen LogP contribution >= 0.6 is 0 Å². The summed E-state index contributed by atoms with van der Waals surface area (Å²) in [7, 11) is 0. The minimum Gasteiger partial charge on any atom is -0.487 e. The number of rotatable bonds is 2. The number of ether oxygens (including phenoxy) is 1. The molecule has 0 aliphatic carbocycles. The molecule has 2 bridgehead atoms. The minimum atomic E-state index is -1.31. The van der Waals surface area contributed by atoms with E-state index in [0.29, 0.717) is 36.1 Å². The highest BCUT2D eigenvalue weighted by molar-refractivity contribution is 5.97. The Bertz CT molecular complexity index is 1030. The van der Waals surface area contributed by atoms with Crippen LogP contribution < -0.4 is 20.4 Å². The predicted molar refractivity (Wildman–Crippen MR) is 97.5 cm³/mol. The standard InChI is InChI=1S/C19H20FN3O4/c1-9-8-27-18-15-12(17(24)13(19(25)26)7-22(9)15)4-14(20)16(18)23-6-10-2-3-11(23)5-21-10/h4,7,9-11,21H,2-3,5-6,8H2,1H3,(H,25,26). The van der Waals surface area contributed by atoms with Crippen LogP contribution in [-0.2, 0) is 0 Å². The van der Waals surface area contributed by atoms with Gasteiger partial charge in [0.15, 0.2) is 11.6 Å². The monoisotopic (exact) mass is 373 g/mol. The van der Waals surface area contributed by atoms with E-state index < -0.39 is 17.2 Å². The third-order valence-corrected chi connectivity index (χ3v) is 6.01. The van der Waals surface area contributed by atoms with E-state index in [0.717, 1.165) is 19.4 Å². The molecule has 8 heteroatoms. The van der Waals surface area contributed by atoms with Crippen molar-refractivity contribution < 1.29 is 19.0 Å². The maximum Gasteiger partial charge on any atom is 0.341 e. The number of anilines is 1. The summed E-state index contributed by atoms with van der Waals surface area (Å²) in [6.07, 6.45) is 3.40. The second-order valence-corrected chi connectivity index (χ2v) is 7.67. The fourth-order valence-corrected chi connectivity index (χ4v) is 4.61. The number of hydrogen-bond donors (Lipinski definition) is 2. The van der Waals surface area contributed by atoms with E-state index in [1.165, 1.54) is 12.3 Å². The lowest BCUT2D eigenvalue weighted by atomic mass is 9.92. The van der Waals surface area contributed by atoms with Gasteiger partial charge in [-0.2, -0.15) is 0 Å². The van der Waals surface area contributed by atoms with Crippen molar-refractivity contribution in [2.45, 2.75) is 37.9 Å². The van der Waals surface area contributed by atoms with Gasteiger partial charge in [0.1, 0.15) is 17.9 Å². The van der Waals surface area contributed by atoms with Crippen molar-refractivity contribution in [1.82, 2.24) is 9.88 Å². The lowest BCUT2D eigenvalue weighted by Crippen LogP contribution is -2.61. The lowest BCUT2D eigenvalue weighted by molar-refractivity contribution is 0.0694. The summed E-state index contributed by atoms with van der Waals surface area (Å²) in [6, 6.07) is 1.52. The number of aromatic nitrogens is 1. The number of benzene rings is 1. The number of nitrogens with zero attached hydrogens (tertiary/aromatic N) is 2. The van der Waals surface area contributed by atoms with Gasteiger partial charge in [-0.15, -0.1) is 0 Å². The summed E-state index contributed by atoms with van der Waals surface area (Å²) in [5.74, 6) is -1.50. The quantitative estimate of drug-likeness (QED) is 0.834. The molecule has 142 valence electrons. The number of aromatic carboxylic acids is 1. The molecular formula is C19H20FN3O4. The van der Waals surface area contributed by atoms with Crippen molar-refractivity contribution in [3.8, 4) is 5.75 Å². The molecule has 0 amide bonds. The molecule has 3 unspecified atom stereocenters. The number of carboxylic acids is 1. The largest absolute Gasteiger partial charge is 0.487 e. The summed E-state index contributed by atoms with van der Waals surface area (Å²) in [4.78, 5) is 26.2. The van der Waals surface area contributed by atoms with E-state index in [4.69, 9.17) is 4.74 Å². The molecular weight excluding hydrogens is 353 g/mol. The van der Waals surface area contributed by atoms with Crippen molar-refractivity contribution in [1.29, 1.82) is 0 Å². The number of piperazine rings is 1. The molecule has 0 radical (unpaired) electrons. The van der Waals surface area contributed by atoms with Crippen molar-refractivity contribution in [3.05, 3.63) is 33.9 Å². The maximum atomic E-state index is 15.2. The van der Waals surface area contributed by atoms with Gasteiger partial charge in [0.25, 0.3) is 0 Å². The van der Waals surface area contributed by atoms with Gasteiger partial charge < -0.3 is 24.6 Å². The van der Waals surface area contributed by atoms with Gasteiger partial charge in [-0.3, -0.25) is 4.79 Å². The van der Waals surface area contributed by atoms with E-state index >= 15 is 4.39 Å². The first-order valence-corrected chi connectivity index (χ1v) is 9.23. The summed E-state index contributed by atoms with van der Waals surface area (Å²) in [5.41, 5.74) is -0.160. The first kappa shape index (κ1) is 16.6. The number of piperidine rings is 2. The van der Waals surface area contributed by atoms with Crippen LogP contribution in [0.4, 0.5) is 10.1 Å². The lowest BCUT2D eigenvalue weighted by Gasteiger charge is -2.48. The van der Waals surface area contributed by atoms with E-state index in [1.807, 2.05) is 11.8 Å². The third kappa shape index (κ3) is 2.29. The Hall–Kier alpha value is -2.61. The van der Waals surface area contributed by atoms with Crippen molar-refractivity contribution in [2.75, 3.05) is 24.6 Å². The molecule has 5 heterocycles. The average molecular weight is 373 g/mol. The van der Waals surface area contributed by atoms with Crippen molar-refractivity contribution in [2.24, 2.45) is 0 Å². The van der Waals surface area contributed by atoms with E-state index in [1.54, 1.807) is 4.57 Å². The van der Waals surface area contributed by atoms with Crippen LogP contribution in [0.15, 0.2) is 17.1 Å². The van der Waals surface area contributed by atoms with Crippen molar-refractivity contribution >= 4 is 22.6 Å². The zero-order chi connectivity index (χ0) is 18.9. The van der Waals surface area contributed by atoms with Gasteiger partial charge in [0, 0.05) is 31.4 Å². The van der Waals surface area contributed by atoms with Gasteiger partial charge in [0.2, 0.25) is 5.43 Å². The second-order valence-electron chi connectivity index (χ2n) is 7.67. The van der Waals surface area contributed by atoms with Crippen molar-refractivity contribution in [3.63, 3.8) is 0 Å². The molecule has 6 rings (SSSR count). The number of nitrogens with one attached hydrogen (secondary N) is 1. The van der Waals surface area contributed by atoms with Crippen LogP contribution in [-0.4, -0.2) is 47.4 Å². The Morgan fingerprint density at radius 1 is 1.41 bits per heavy atom. The SMILES string of the molecule is CC1COc2c(N3CC4CCC3CN4)c(F)cc3c(=O)c(C(=O)O)cn1c23. The molecule has 4 aliphatic heterocycles. The maximum absolute atomic E-state index is 15.2. The third-order valence-electron chi connectivity index (χ3n) is 6.01. The number of carbonyl (C=O) groups is 1. The van der Waals surface area contributed by atoms with Gasteiger partial charge in [-0.05, 0) is 25.8 Å². The molecule has 4 aliphatic rings. The molecule has 1 aromatic heterocycles. The van der Waals surface area contributed by atoms with E-state index in [-0.39, 0.29) is 23.0 Å². The summed E-state index contributed by atoms with van der Waals surface area (Å²) in [6.45, 7) is 3.66. The van der Waals surface area contributed by atoms with Gasteiger partial charge in [-0.1, -0.05) is 0 Å². The highest BCUT2D eigenvalue weighted by Gasteiger charge is 2.38. The predicted octanol–water partition coefficient (Wildman–Crippen LogP) is 1.73. The van der Waals surface area contributed by atoms with E-state index in [9.17, 15) is 14.7 Å². The van der Waals surface area contributed by atoms with Crippen LogP contribution in [0, 0.1) is 5.82 Å². The van der Waals surface area contributed by atoms with E-state index in [2.05, 4.69) is 5.32 Å². The highest BCUT2D eigenvalue weighted by atomic mass is 19.1. The Morgan fingerprint density at radius 2 is 2.22 bits per heavy atom. The molecule has 7 nitrogen and oxygen atoms in total. The Kier molecular flexibility index (Phi) is 3.49. The summed E-state index contributed by atoms with van der Waals surface area (Å²) >= 11 is 0. The Balaban J connectivity index is 1.81. The fourth-order valence-electron chi connectivity index (χ4n) is 4.61. The fraction of sp³-hybridized carbons (Fsp3) is 0.474. The average Bonchev–Trinajstić information content (AvgIpc) is 2.66. The Labute approximate surface area is 154 Å². The smallest absolute Gasteiger partial charge is 0.341 e. The molecule has 3 atom stereocenters. The van der Waals surface area contributed by atoms with Crippen LogP contribution in [0.3, 0.4) is 0 Å². The summed E-state index contributed by atoms with van der Waals surface area (Å²) < 4.78 is 22.9. The first-order valence-electron chi connectivity index (χ1n) is 9.23. The summed E-state index contributed by atoms with van der Waals surface area (Å²) in [5, 5.41) is 12.9. The molecule has 1 aromatic carbocycles. The van der Waals surface area contributed by atoms with Crippen LogP contribution in [0.2, 0.25) is 0 Å². The molecule has 2 aromatic rings. The number of hydrogen-bond acceptors (Lipinski definition) is 5. The molecule has 3 fully saturated rings. The number of fused-ring (bicyclic) bond motifs is 3. The molecule has 0 saturated carbocycles. The number of pyridine rings is 1. The van der Waals surface area contributed by atoms with Gasteiger partial charge in [0.05, 0.1) is 16.9 Å². The second kappa shape index (κ2) is 5.69. The highest BCUT2D eigenvalue weighted by Crippen LogP contribution is 2.44. The molecule has 2 N–H and O–H groups in total. The minimum absolute atomic E-state index is 0.0537. The van der Waals surface area contributed by atoms with Crippen LogP contribution in [0.5, 0.6) is 5.75 Å². The van der Waals surface area contributed by atoms with Gasteiger partial charge in [-0.25, -0.2) is 9.18 Å². The Morgan fingerprint density at radius 3 is 2.85 bits per heavy atom. The van der Waals surface area contributed by atoms with Gasteiger partial charge >= 0.3 is 5.97 Å². The zero-order valence-electron chi connectivity index (χ0n) is 14.9. The molecule has 27 heavy (non-hydrogen) atoms. The zero-order valence-corrected chi connectivity index (χ0v) is 14.9. The first-order chi connectivity index (χ1) is 13.0. The molecule has 3 saturated heterocycles. The van der Waals surface area contributed by atoms with Crippen LogP contribution in [0.1, 0.15) is 36.2 Å². The number of halogens is 1. The molecule has 0 spiro atoms. The van der Waals surface area contributed by atoms with Crippen LogP contribution in [0.25, 0.3) is 10.9 Å². The normalized spacial score (nSPS) is 26.3. The number of carboxylic acid groups (broad SMARTS) is 1. The topological polar surface area (TPSA) is 83.8 Å².